The number of hydrazone groups is 1. The van der Waals surface area contributed by atoms with Crippen molar-refractivity contribution in [2.24, 2.45) is 5.10 Å². The van der Waals surface area contributed by atoms with Crippen molar-refractivity contribution in [1.82, 2.24) is 10.7 Å². The number of nitrogens with zero attached hydrogens (tertiary/aromatic N) is 1. The number of rotatable bonds is 7. The molecule has 0 saturated heterocycles. The molecule has 0 aliphatic rings. The molecule has 30 heavy (non-hydrogen) atoms. The van der Waals surface area contributed by atoms with Gasteiger partial charge in [-0.05, 0) is 47.9 Å². The highest BCUT2D eigenvalue weighted by atomic mass is 16.5. The van der Waals surface area contributed by atoms with E-state index in [1.165, 1.54) is 11.8 Å². The number of carbonyl (C=O) groups is 2. The van der Waals surface area contributed by atoms with E-state index in [2.05, 4.69) is 28.0 Å². The average Bonchev–Trinajstić information content (AvgIpc) is 2.78. The summed E-state index contributed by atoms with van der Waals surface area (Å²) in [6.45, 7) is 2.81. The summed E-state index contributed by atoms with van der Waals surface area (Å²) in [5.41, 5.74) is 6.20. The molecule has 3 aromatic rings. The van der Waals surface area contributed by atoms with Gasteiger partial charge in [-0.25, -0.2) is 5.43 Å². The molecule has 0 heterocycles. The van der Waals surface area contributed by atoms with Gasteiger partial charge >= 0.3 is 11.8 Å². The summed E-state index contributed by atoms with van der Waals surface area (Å²) in [7, 11) is 0. The van der Waals surface area contributed by atoms with Gasteiger partial charge in [0.25, 0.3) is 0 Å². The normalized spacial score (nSPS) is 10.6. The quantitative estimate of drug-likeness (QED) is 0.362. The summed E-state index contributed by atoms with van der Waals surface area (Å²) >= 11 is 0. The predicted octanol–water partition coefficient (Wildman–Crippen LogP) is 3.34. The maximum absolute atomic E-state index is 11.8. The van der Waals surface area contributed by atoms with Gasteiger partial charge in [0.1, 0.15) is 12.4 Å². The molecule has 6 nitrogen and oxygen atoms in total. The van der Waals surface area contributed by atoms with Crippen LogP contribution in [-0.2, 0) is 22.7 Å². The van der Waals surface area contributed by atoms with Crippen molar-refractivity contribution in [1.29, 1.82) is 0 Å². The number of carbonyl (C=O) groups excluding carboxylic acids is 2. The van der Waals surface area contributed by atoms with Crippen molar-refractivity contribution < 1.29 is 14.3 Å². The first-order chi connectivity index (χ1) is 14.6. The van der Waals surface area contributed by atoms with Crippen molar-refractivity contribution in [3.63, 3.8) is 0 Å². The zero-order chi connectivity index (χ0) is 21.2. The molecule has 6 heteroatoms. The van der Waals surface area contributed by atoms with E-state index in [-0.39, 0.29) is 6.54 Å². The van der Waals surface area contributed by atoms with Gasteiger partial charge in [0.05, 0.1) is 6.21 Å². The molecule has 0 saturated carbocycles. The summed E-state index contributed by atoms with van der Waals surface area (Å²) in [6.07, 6.45) is 1.46. The topological polar surface area (TPSA) is 79.8 Å². The maximum atomic E-state index is 11.8. The Morgan fingerprint density at radius 2 is 1.57 bits per heavy atom. The second-order valence-electron chi connectivity index (χ2n) is 6.71. The minimum absolute atomic E-state index is 0.279. The minimum Gasteiger partial charge on any atom is -0.489 e. The van der Waals surface area contributed by atoms with Crippen molar-refractivity contribution >= 4 is 18.0 Å². The van der Waals surface area contributed by atoms with Crippen molar-refractivity contribution in [3.05, 3.63) is 101 Å². The first-order valence-corrected chi connectivity index (χ1v) is 9.54. The third-order valence-corrected chi connectivity index (χ3v) is 4.29. The van der Waals surface area contributed by atoms with Crippen LogP contribution in [0.1, 0.15) is 22.3 Å². The van der Waals surface area contributed by atoms with Crippen LogP contribution in [0.25, 0.3) is 0 Å². The smallest absolute Gasteiger partial charge is 0.329 e. The Morgan fingerprint density at radius 3 is 2.27 bits per heavy atom. The highest BCUT2D eigenvalue weighted by Crippen LogP contribution is 2.14. The maximum Gasteiger partial charge on any atom is 0.329 e. The number of hydrogen-bond donors (Lipinski definition) is 2. The molecule has 3 aromatic carbocycles. The van der Waals surface area contributed by atoms with E-state index in [9.17, 15) is 9.59 Å². The molecule has 0 aromatic heterocycles. The van der Waals surface area contributed by atoms with Crippen LogP contribution in [0.4, 0.5) is 0 Å². The van der Waals surface area contributed by atoms with Crippen molar-refractivity contribution in [3.8, 4) is 5.75 Å². The fourth-order valence-electron chi connectivity index (χ4n) is 2.58. The largest absolute Gasteiger partial charge is 0.489 e. The Balaban J connectivity index is 1.42. The molecule has 0 bridgehead atoms. The fourth-order valence-corrected chi connectivity index (χ4v) is 2.58. The van der Waals surface area contributed by atoms with Gasteiger partial charge in [-0.2, -0.15) is 5.10 Å². The lowest BCUT2D eigenvalue weighted by atomic mass is 10.2. The second-order valence-corrected chi connectivity index (χ2v) is 6.71. The van der Waals surface area contributed by atoms with Gasteiger partial charge in [-0.3, -0.25) is 9.59 Å². The van der Waals surface area contributed by atoms with Crippen LogP contribution in [0.5, 0.6) is 5.75 Å². The lowest BCUT2D eigenvalue weighted by Crippen LogP contribution is -2.37. The first kappa shape index (κ1) is 20.8. The summed E-state index contributed by atoms with van der Waals surface area (Å²) in [4.78, 5) is 23.6. The Morgan fingerprint density at radius 1 is 0.867 bits per heavy atom. The van der Waals surface area contributed by atoms with Gasteiger partial charge < -0.3 is 10.1 Å². The minimum atomic E-state index is -0.819. The molecule has 0 unspecified atom stereocenters. The lowest BCUT2D eigenvalue weighted by Gasteiger charge is -2.07. The predicted molar refractivity (Wildman–Crippen MR) is 116 cm³/mol. The molecule has 152 valence electrons. The third kappa shape index (κ3) is 6.60. The van der Waals surface area contributed by atoms with Crippen LogP contribution in [-0.4, -0.2) is 18.0 Å². The molecule has 0 radical (unpaired) electrons. The number of ether oxygens (including phenoxy) is 1. The second kappa shape index (κ2) is 10.6. The summed E-state index contributed by atoms with van der Waals surface area (Å²) in [5, 5.41) is 6.37. The lowest BCUT2D eigenvalue weighted by molar-refractivity contribution is -0.139. The van der Waals surface area contributed by atoms with E-state index in [1.807, 2.05) is 73.7 Å². The van der Waals surface area contributed by atoms with E-state index in [1.54, 1.807) is 0 Å². The van der Waals surface area contributed by atoms with E-state index < -0.39 is 11.8 Å². The molecule has 0 aliphatic heterocycles. The zero-order valence-electron chi connectivity index (χ0n) is 16.7. The number of hydrogen-bond acceptors (Lipinski definition) is 4. The Bertz CT molecular complexity index is 998. The van der Waals surface area contributed by atoms with Gasteiger partial charge in [-0.1, -0.05) is 60.2 Å². The average molecular weight is 401 g/mol. The Hall–Kier alpha value is -3.93. The number of nitrogens with one attached hydrogen (secondary N) is 2. The standard InChI is InChI=1S/C24H23N3O3/c1-18-7-9-21(10-8-18)17-30-22-13-11-20(12-14-22)16-26-27-24(29)23(28)25-15-19-5-3-2-4-6-19/h2-14,16H,15,17H2,1H3,(H,25,28)(H,27,29)/b26-16-. The van der Waals surface area contributed by atoms with Crippen LogP contribution >= 0.6 is 0 Å². The van der Waals surface area contributed by atoms with Crippen molar-refractivity contribution in [2.75, 3.05) is 0 Å². The van der Waals surface area contributed by atoms with Gasteiger partial charge in [0.2, 0.25) is 0 Å². The molecular formula is C24H23N3O3. The molecule has 2 N–H and O–H groups in total. The van der Waals surface area contributed by atoms with E-state index in [4.69, 9.17) is 4.74 Å². The summed E-state index contributed by atoms with van der Waals surface area (Å²) < 4.78 is 5.76. The highest BCUT2D eigenvalue weighted by molar-refractivity contribution is 6.35. The number of benzene rings is 3. The molecule has 3 rings (SSSR count). The first-order valence-electron chi connectivity index (χ1n) is 9.54. The van der Waals surface area contributed by atoms with Crippen LogP contribution in [0.2, 0.25) is 0 Å². The van der Waals surface area contributed by atoms with E-state index in [0.29, 0.717) is 6.61 Å². The van der Waals surface area contributed by atoms with E-state index in [0.717, 1.165) is 22.4 Å². The van der Waals surface area contributed by atoms with Gasteiger partial charge in [-0.15, -0.1) is 0 Å². The molecular weight excluding hydrogens is 378 g/mol. The van der Waals surface area contributed by atoms with Gasteiger partial charge in [0.15, 0.2) is 0 Å². The van der Waals surface area contributed by atoms with E-state index >= 15 is 0 Å². The fraction of sp³-hybridized carbons (Fsp3) is 0.125. The van der Waals surface area contributed by atoms with Crippen LogP contribution in [0, 0.1) is 6.92 Å². The van der Waals surface area contributed by atoms with Crippen LogP contribution in [0.15, 0.2) is 84.0 Å². The monoisotopic (exact) mass is 401 g/mol. The molecule has 0 spiro atoms. The van der Waals surface area contributed by atoms with Gasteiger partial charge in [0, 0.05) is 6.54 Å². The highest BCUT2D eigenvalue weighted by Gasteiger charge is 2.11. The summed E-state index contributed by atoms with van der Waals surface area (Å²) in [6, 6.07) is 24.8. The third-order valence-electron chi connectivity index (χ3n) is 4.29. The molecule has 0 aliphatic carbocycles. The number of amides is 2. The Labute approximate surface area is 175 Å². The molecule has 2 amide bonds. The zero-order valence-corrected chi connectivity index (χ0v) is 16.7. The van der Waals surface area contributed by atoms with Crippen LogP contribution < -0.4 is 15.5 Å². The van der Waals surface area contributed by atoms with Crippen LogP contribution in [0.3, 0.4) is 0 Å². The number of aryl methyl sites for hydroxylation is 1. The SMILES string of the molecule is Cc1ccc(COc2ccc(/C=N\NC(=O)C(=O)NCc3ccccc3)cc2)cc1. The molecule has 0 atom stereocenters. The van der Waals surface area contributed by atoms with Crippen molar-refractivity contribution in [2.45, 2.75) is 20.1 Å². The molecule has 0 fully saturated rings. The Kier molecular flexibility index (Phi) is 7.33. The summed E-state index contributed by atoms with van der Waals surface area (Å²) in [5.74, 6) is -0.826.